The summed E-state index contributed by atoms with van der Waals surface area (Å²) in [6.07, 6.45) is 4.10. The van der Waals surface area contributed by atoms with E-state index in [9.17, 15) is 9.59 Å². The van der Waals surface area contributed by atoms with Crippen LogP contribution in [-0.2, 0) is 7.05 Å². The van der Waals surface area contributed by atoms with Gasteiger partial charge in [-0.3, -0.25) is 4.79 Å². The van der Waals surface area contributed by atoms with E-state index in [2.05, 4.69) is 30.6 Å². The van der Waals surface area contributed by atoms with E-state index in [1.807, 2.05) is 0 Å². The van der Waals surface area contributed by atoms with Crippen LogP contribution in [0.4, 0.5) is 5.82 Å². The number of nitrogens with zero attached hydrogens (tertiary/aromatic N) is 6. The number of nitrogens with one attached hydrogen (secondary N) is 2. The van der Waals surface area contributed by atoms with E-state index in [4.69, 9.17) is 0 Å². The normalized spacial score (nSPS) is 10.8. The molecule has 3 rings (SSSR count). The van der Waals surface area contributed by atoms with Crippen LogP contribution in [0.3, 0.4) is 0 Å². The monoisotopic (exact) mass is 260 g/mol. The number of hydrogen-bond acceptors (Lipinski definition) is 6. The molecule has 0 radical (unpaired) electrons. The number of rotatable bonds is 2. The van der Waals surface area contributed by atoms with Crippen molar-refractivity contribution in [3.05, 3.63) is 35.0 Å². The van der Waals surface area contributed by atoms with Crippen LogP contribution >= 0.6 is 0 Å². The highest BCUT2D eigenvalue weighted by Crippen LogP contribution is 2.06. The first-order chi connectivity index (χ1) is 9.16. The van der Waals surface area contributed by atoms with Crippen molar-refractivity contribution >= 4 is 17.4 Å². The van der Waals surface area contributed by atoms with E-state index >= 15 is 0 Å². The third-order valence-electron chi connectivity index (χ3n) is 2.46. The second-order valence-electron chi connectivity index (χ2n) is 3.70. The quantitative estimate of drug-likeness (QED) is 0.596. The highest BCUT2D eigenvalue weighted by atomic mass is 16.2. The van der Waals surface area contributed by atoms with Crippen LogP contribution in [0.1, 0.15) is 10.5 Å². The molecule has 10 nitrogen and oxygen atoms in total. The van der Waals surface area contributed by atoms with Crippen molar-refractivity contribution in [2.75, 3.05) is 5.32 Å². The van der Waals surface area contributed by atoms with Gasteiger partial charge >= 0.3 is 5.69 Å². The van der Waals surface area contributed by atoms with Crippen molar-refractivity contribution in [2.24, 2.45) is 7.05 Å². The Morgan fingerprint density at radius 1 is 1.47 bits per heavy atom. The Labute approximate surface area is 105 Å². The number of carbonyl (C=O) groups excluding carboxylic acids is 1. The zero-order valence-corrected chi connectivity index (χ0v) is 9.73. The molecule has 2 N–H and O–H groups in total. The summed E-state index contributed by atoms with van der Waals surface area (Å²) in [6, 6.07) is 0. The average molecular weight is 260 g/mol. The fourth-order valence-electron chi connectivity index (χ4n) is 1.55. The van der Waals surface area contributed by atoms with Gasteiger partial charge in [0.15, 0.2) is 11.3 Å². The molecule has 0 bridgehead atoms. The molecule has 19 heavy (non-hydrogen) atoms. The van der Waals surface area contributed by atoms with Gasteiger partial charge in [0.1, 0.15) is 12.1 Å². The highest BCUT2D eigenvalue weighted by Gasteiger charge is 2.17. The Kier molecular flexibility index (Phi) is 2.34. The third kappa shape index (κ3) is 1.74. The van der Waals surface area contributed by atoms with Gasteiger partial charge in [0, 0.05) is 7.05 Å². The molecule has 3 heterocycles. The van der Waals surface area contributed by atoms with Gasteiger partial charge in [0.25, 0.3) is 5.91 Å². The SMILES string of the molecule is Cn1nnc2c(C(=O)Nc3cnc[nH]3)ncn2c1=O. The Balaban J connectivity index is 2.04. The minimum Gasteiger partial charge on any atom is -0.331 e. The molecule has 0 aliphatic rings. The summed E-state index contributed by atoms with van der Waals surface area (Å²) in [7, 11) is 1.46. The summed E-state index contributed by atoms with van der Waals surface area (Å²) < 4.78 is 2.19. The zero-order chi connectivity index (χ0) is 13.4. The number of H-pyrrole nitrogens is 1. The summed E-state index contributed by atoms with van der Waals surface area (Å²) in [6.45, 7) is 0. The Bertz CT molecular complexity index is 799. The Hall–Kier alpha value is -3.04. The van der Waals surface area contributed by atoms with E-state index in [1.165, 1.54) is 25.9 Å². The first kappa shape index (κ1) is 11.1. The number of imidazole rings is 2. The van der Waals surface area contributed by atoms with Gasteiger partial charge in [-0.05, 0) is 0 Å². The van der Waals surface area contributed by atoms with Gasteiger partial charge in [-0.2, -0.15) is 4.68 Å². The first-order valence-electron chi connectivity index (χ1n) is 5.23. The third-order valence-corrected chi connectivity index (χ3v) is 2.46. The van der Waals surface area contributed by atoms with Crippen molar-refractivity contribution in [1.82, 2.24) is 34.3 Å². The average Bonchev–Trinajstić information content (AvgIpc) is 3.02. The van der Waals surface area contributed by atoms with Crippen LogP contribution in [0.25, 0.3) is 5.65 Å². The van der Waals surface area contributed by atoms with Crippen LogP contribution in [0.15, 0.2) is 23.6 Å². The zero-order valence-electron chi connectivity index (χ0n) is 9.73. The lowest BCUT2D eigenvalue weighted by molar-refractivity contribution is 0.102. The lowest BCUT2D eigenvalue weighted by Gasteiger charge is -1.99. The van der Waals surface area contributed by atoms with Gasteiger partial charge in [0.2, 0.25) is 0 Å². The molecule has 96 valence electrons. The summed E-state index contributed by atoms with van der Waals surface area (Å²) in [5, 5.41) is 9.93. The second kappa shape index (κ2) is 4.01. The van der Waals surface area contributed by atoms with Gasteiger partial charge in [-0.1, -0.05) is 5.21 Å². The maximum absolute atomic E-state index is 12.0. The largest absolute Gasteiger partial charge is 0.352 e. The fraction of sp³-hybridized carbons (Fsp3) is 0.111. The number of hydrogen-bond donors (Lipinski definition) is 2. The molecule has 0 spiro atoms. The maximum atomic E-state index is 12.0. The van der Waals surface area contributed by atoms with Crippen LogP contribution in [0.5, 0.6) is 0 Å². The molecule has 1 amide bonds. The number of aryl methyl sites for hydroxylation is 1. The molecular weight excluding hydrogens is 252 g/mol. The Morgan fingerprint density at radius 2 is 2.32 bits per heavy atom. The maximum Gasteiger partial charge on any atom is 0.352 e. The predicted octanol–water partition coefficient (Wildman–Crippen LogP) is -1.20. The van der Waals surface area contributed by atoms with Gasteiger partial charge < -0.3 is 10.3 Å². The van der Waals surface area contributed by atoms with E-state index in [0.29, 0.717) is 5.82 Å². The smallest absolute Gasteiger partial charge is 0.331 e. The topological polar surface area (TPSA) is 123 Å². The van der Waals surface area contributed by atoms with E-state index in [0.717, 1.165) is 9.08 Å². The summed E-state index contributed by atoms with van der Waals surface area (Å²) >= 11 is 0. The van der Waals surface area contributed by atoms with Crippen molar-refractivity contribution in [3.63, 3.8) is 0 Å². The minimum absolute atomic E-state index is 0.0137. The molecular formula is C9H8N8O2. The standard InChI is InChI=1S/C9H8N8O2/c1-16-9(19)17-4-12-6(7(17)14-15-16)8(18)13-5-2-10-3-11-5/h2-4H,1H3,(H,10,11)(H,13,18). The highest BCUT2D eigenvalue weighted by molar-refractivity contribution is 6.06. The van der Waals surface area contributed by atoms with Crippen LogP contribution in [0, 0.1) is 0 Å². The van der Waals surface area contributed by atoms with Gasteiger partial charge in [-0.25, -0.2) is 19.2 Å². The van der Waals surface area contributed by atoms with E-state index < -0.39 is 11.6 Å². The van der Waals surface area contributed by atoms with Crippen molar-refractivity contribution in [3.8, 4) is 0 Å². The number of anilines is 1. The second-order valence-corrected chi connectivity index (χ2v) is 3.70. The van der Waals surface area contributed by atoms with Crippen LogP contribution < -0.4 is 11.0 Å². The molecule has 0 aliphatic carbocycles. The summed E-state index contributed by atoms with van der Waals surface area (Å²) in [5.74, 6) is -0.0859. The number of fused-ring (bicyclic) bond motifs is 1. The van der Waals surface area contributed by atoms with Crippen molar-refractivity contribution in [1.29, 1.82) is 0 Å². The molecule has 0 saturated carbocycles. The lowest BCUT2D eigenvalue weighted by Crippen LogP contribution is -2.27. The molecule has 10 heteroatoms. The van der Waals surface area contributed by atoms with E-state index in [-0.39, 0.29) is 11.3 Å². The molecule has 0 unspecified atom stereocenters. The molecule has 0 atom stereocenters. The molecule has 0 fully saturated rings. The number of aromatic nitrogens is 7. The van der Waals surface area contributed by atoms with E-state index in [1.54, 1.807) is 0 Å². The Morgan fingerprint density at radius 3 is 3.05 bits per heavy atom. The predicted molar refractivity (Wildman–Crippen MR) is 62.6 cm³/mol. The minimum atomic E-state index is -0.505. The number of carbonyl (C=O) groups is 1. The summed E-state index contributed by atoms with van der Waals surface area (Å²) in [5.41, 5.74) is -0.321. The van der Waals surface area contributed by atoms with Gasteiger partial charge in [-0.15, -0.1) is 5.10 Å². The molecule has 3 aromatic heterocycles. The fourth-order valence-corrected chi connectivity index (χ4v) is 1.55. The molecule has 0 aliphatic heterocycles. The van der Waals surface area contributed by atoms with Crippen LogP contribution in [-0.4, -0.2) is 40.3 Å². The number of aromatic amines is 1. The lowest BCUT2D eigenvalue weighted by atomic mass is 10.4. The van der Waals surface area contributed by atoms with Crippen molar-refractivity contribution in [2.45, 2.75) is 0 Å². The molecule has 0 aromatic carbocycles. The summed E-state index contributed by atoms with van der Waals surface area (Å²) in [4.78, 5) is 34.1. The van der Waals surface area contributed by atoms with Crippen molar-refractivity contribution < 1.29 is 4.79 Å². The first-order valence-corrected chi connectivity index (χ1v) is 5.23. The molecule has 0 saturated heterocycles. The number of amides is 1. The van der Waals surface area contributed by atoms with Gasteiger partial charge in [0.05, 0.1) is 12.5 Å². The van der Waals surface area contributed by atoms with Crippen LogP contribution in [0.2, 0.25) is 0 Å². The molecule has 3 aromatic rings.